The van der Waals surface area contributed by atoms with E-state index in [-0.39, 0.29) is 31.2 Å². The molecule has 0 rings (SSSR count). The van der Waals surface area contributed by atoms with E-state index in [2.05, 4.69) is 5.32 Å². The third kappa shape index (κ3) is 11.3. The smallest absolute Gasteiger partial charge is 0.307 e. The molecule has 1 amide bonds. The van der Waals surface area contributed by atoms with Crippen LogP contribution >= 0.6 is 0 Å². The fraction of sp³-hybridized carbons (Fsp3) is 0.882. The van der Waals surface area contributed by atoms with Gasteiger partial charge in [-0.05, 0) is 45.4 Å². The minimum absolute atomic E-state index is 0.01000. The van der Waals surface area contributed by atoms with Crippen LogP contribution in [0.5, 0.6) is 0 Å². The van der Waals surface area contributed by atoms with E-state index in [4.69, 9.17) is 10.2 Å². The molecule has 0 spiro atoms. The number of esters is 1. The molecule has 0 aromatic heterocycles. The summed E-state index contributed by atoms with van der Waals surface area (Å²) in [6, 6.07) is 0. The molecular weight excluding hydrogens is 266 g/mol. The predicted molar refractivity (Wildman–Crippen MR) is 85.9 cm³/mol. The Bertz CT molecular complexity index is 454. The van der Waals surface area contributed by atoms with Gasteiger partial charge in [-0.3, -0.25) is 9.59 Å². The summed E-state index contributed by atoms with van der Waals surface area (Å²) in [5.74, 6) is -2.66. The number of ether oxygens (including phenoxy) is 1. The van der Waals surface area contributed by atoms with Gasteiger partial charge in [-0.2, -0.15) is 0 Å². The molecular formula is C17H33NO3. The predicted octanol–water partition coefficient (Wildman–Crippen LogP) is 3.54. The Balaban J connectivity index is 4.72. The van der Waals surface area contributed by atoms with Crippen LogP contribution in [0.4, 0.5) is 0 Å². The van der Waals surface area contributed by atoms with Gasteiger partial charge in [0.1, 0.15) is 5.60 Å². The first-order valence-corrected chi connectivity index (χ1v) is 7.55. The van der Waals surface area contributed by atoms with Crippen molar-refractivity contribution in [2.75, 3.05) is 6.54 Å². The van der Waals surface area contributed by atoms with Crippen LogP contribution in [0, 0.1) is 17.7 Å². The Hall–Kier alpha value is -1.06. The molecule has 0 radical (unpaired) electrons. The van der Waals surface area contributed by atoms with Crippen molar-refractivity contribution < 1.29 is 19.8 Å². The minimum atomic E-state index is -2.41. The summed E-state index contributed by atoms with van der Waals surface area (Å²) >= 11 is 0. The van der Waals surface area contributed by atoms with E-state index < -0.39 is 30.2 Å². The van der Waals surface area contributed by atoms with Crippen molar-refractivity contribution in [2.24, 2.45) is 17.7 Å². The quantitative estimate of drug-likeness (QED) is 0.698. The van der Waals surface area contributed by atoms with Gasteiger partial charge in [0.25, 0.3) is 0 Å². The number of hydrogen-bond donors (Lipinski definition) is 1. The average Bonchev–Trinajstić information content (AvgIpc) is 2.33. The molecule has 4 heteroatoms. The van der Waals surface area contributed by atoms with Gasteiger partial charge in [0.15, 0.2) is 0 Å². The Labute approximate surface area is 135 Å². The maximum absolute atomic E-state index is 12.4. The topological polar surface area (TPSA) is 55.4 Å². The molecule has 0 bridgehead atoms. The highest BCUT2D eigenvalue weighted by Crippen LogP contribution is 2.19. The van der Waals surface area contributed by atoms with E-state index in [1.165, 1.54) is 6.92 Å². The first-order valence-electron chi connectivity index (χ1n) is 9.55. The SMILES string of the molecule is [2H]C([2H])([2H])C([2H])(C)CCNC(=O)[C@@H](CC(=O)OC(C)(C)C)CC(C)C. The minimum Gasteiger partial charge on any atom is -0.460 e. The van der Waals surface area contributed by atoms with Gasteiger partial charge in [0.2, 0.25) is 5.91 Å². The molecule has 1 N–H and O–H groups in total. The second-order valence-corrected chi connectivity index (χ2v) is 6.94. The molecule has 0 heterocycles. The van der Waals surface area contributed by atoms with Crippen LogP contribution in [0.3, 0.4) is 0 Å². The highest BCUT2D eigenvalue weighted by Gasteiger charge is 2.26. The zero-order valence-electron chi connectivity index (χ0n) is 18.2. The molecule has 4 nitrogen and oxygen atoms in total. The number of rotatable bonds is 8. The third-order valence-electron chi connectivity index (χ3n) is 2.76. The van der Waals surface area contributed by atoms with E-state index in [9.17, 15) is 9.59 Å². The lowest BCUT2D eigenvalue weighted by atomic mass is 9.93. The van der Waals surface area contributed by atoms with Gasteiger partial charge >= 0.3 is 5.97 Å². The Morgan fingerprint density at radius 1 is 1.29 bits per heavy atom. The number of carbonyl (C=O) groups is 2. The highest BCUT2D eigenvalue weighted by atomic mass is 16.6. The Morgan fingerprint density at radius 3 is 2.38 bits per heavy atom. The maximum Gasteiger partial charge on any atom is 0.307 e. The summed E-state index contributed by atoms with van der Waals surface area (Å²) in [6.45, 7) is 8.24. The normalized spacial score (nSPS) is 19.6. The van der Waals surface area contributed by atoms with Gasteiger partial charge < -0.3 is 10.1 Å². The summed E-state index contributed by atoms with van der Waals surface area (Å²) in [7, 11) is 0. The fourth-order valence-electron chi connectivity index (χ4n) is 1.95. The molecule has 0 saturated carbocycles. The largest absolute Gasteiger partial charge is 0.460 e. The van der Waals surface area contributed by atoms with Crippen LogP contribution in [0.1, 0.15) is 73.1 Å². The van der Waals surface area contributed by atoms with Gasteiger partial charge in [-0.15, -0.1) is 0 Å². The molecule has 2 atom stereocenters. The van der Waals surface area contributed by atoms with E-state index in [0.717, 1.165) is 0 Å². The van der Waals surface area contributed by atoms with Crippen molar-refractivity contribution in [3.8, 4) is 0 Å². The van der Waals surface area contributed by atoms with Crippen molar-refractivity contribution in [2.45, 2.75) is 73.3 Å². The van der Waals surface area contributed by atoms with Crippen molar-refractivity contribution in [1.29, 1.82) is 0 Å². The van der Waals surface area contributed by atoms with Gasteiger partial charge in [-0.25, -0.2) is 0 Å². The first kappa shape index (κ1) is 13.6. The maximum atomic E-state index is 12.4. The second-order valence-electron chi connectivity index (χ2n) is 6.94. The number of amides is 1. The Morgan fingerprint density at radius 2 is 1.90 bits per heavy atom. The molecule has 0 aromatic rings. The molecule has 1 unspecified atom stereocenters. The summed E-state index contributed by atoms with van der Waals surface area (Å²) in [4.78, 5) is 24.4. The van der Waals surface area contributed by atoms with Crippen LogP contribution < -0.4 is 5.32 Å². The third-order valence-corrected chi connectivity index (χ3v) is 2.76. The lowest BCUT2D eigenvalue weighted by molar-refractivity contribution is -0.157. The highest BCUT2D eigenvalue weighted by molar-refractivity contribution is 5.83. The van der Waals surface area contributed by atoms with Gasteiger partial charge in [0.05, 0.1) is 6.42 Å². The summed E-state index contributed by atoms with van der Waals surface area (Å²) in [6.07, 6.45) is 0.525. The number of hydrogen-bond acceptors (Lipinski definition) is 3. The van der Waals surface area contributed by atoms with E-state index in [0.29, 0.717) is 6.42 Å². The van der Waals surface area contributed by atoms with Crippen molar-refractivity contribution in [3.63, 3.8) is 0 Å². The standard InChI is InChI=1S/C17H33NO3/c1-12(2)8-9-18-16(20)14(10-13(3)4)11-15(19)21-17(5,6)7/h12-14H,8-11H2,1-7H3,(H,18,20)/t14-/m1/s1/i1D3,12D/t12?,14-. The number of carbonyl (C=O) groups excluding carboxylic acids is 2. The van der Waals surface area contributed by atoms with E-state index >= 15 is 0 Å². The molecule has 124 valence electrons. The number of nitrogens with one attached hydrogen (secondary N) is 1. The molecule has 0 aliphatic rings. The summed E-state index contributed by atoms with van der Waals surface area (Å²) < 4.78 is 35.2. The zero-order chi connectivity index (χ0) is 20.1. The molecule has 0 fully saturated rings. The van der Waals surface area contributed by atoms with Crippen LogP contribution in [-0.4, -0.2) is 24.0 Å². The van der Waals surface area contributed by atoms with E-state index in [1.807, 2.05) is 13.8 Å². The van der Waals surface area contributed by atoms with Crippen LogP contribution in [-0.2, 0) is 14.3 Å². The average molecular weight is 303 g/mol. The van der Waals surface area contributed by atoms with Crippen LogP contribution in [0.2, 0.25) is 0 Å². The first-order chi connectivity index (χ1) is 11.0. The molecule has 0 aliphatic heterocycles. The van der Waals surface area contributed by atoms with Crippen LogP contribution in [0.25, 0.3) is 0 Å². The summed E-state index contributed by atoms with van der Waals surface area (Å²) in [5, 5.41) is 2.67. The Kier molecular flexibility index (Phi) is 5.86. The van der Waals surface area contributed by atoms with Crippen LogP contribution in [0.15, 0.2) is 0 Å². The molecule has 21 heavy (non-hydrogen) atoms. The van der Waals surface area contributed by atoms with Gasteiger partial charge in [0, 0.05) is 17.9 Å². The second kappa shape index (κ2) is 9.06. The monoisotopic (exact) mass is 303 g/mol. The van der Waals surface area contributed by atoms with Crippen molar-refractivity contribution in [1.82, 2.24) is 5.32 Å². The molecule has 0 aromatic carbocycles. The zero-order valence-corrected chi connectivity index (χ0v) is 14.2. The molecule has 0 saturated heterocycles. The van der Waals surface area contributed by atoms with Crippen molar-refractivity contribution >= 4 is 11.9 Å². The lowest BCUT2D eigenvalue weighted by Gasteiger charge is -2.23. The van der Waals surface area contributed by atoms with E-state index in [1.54, 1.807) is 20.8 Å². The van der Waals surface area contributed by atoms with Crippen molar-refractivity contribution in [3.05, 3.63) is 0 Å². The lowest BCUT2D eigenvalue weighted by Crippen LogP contribution is -2.35. The fourth-order valence-corrected chi connectivity index (χ4v) is 1.95. The van der Waals surface area contributed by atoms with Gasteiger partial charge in [-0.1, -0.05) is 27.6 Å². The summed E-state index contributed by atoms with van der Waals surface area (Å²) in [5.41, 5.74) is -0.608. The molecule has 0 aliphatic carbocycles.